The second-order valence-corrected chi connectivity index (χ2v) is 2.35. The standard InChI is InChI=1S/C7H6F4N2O/c8-4-1-5(9)7(11)3(6(4)10)2-14-13-12/h1,13H,2,12H2. The summed E-state index contributed by atoms with van der Waals surface area (Å²) in [6.07, 6.45) is 0. The molecule has 0 saturated heterocycles. The van der Waals surface area contributed by atoms with E-state index in [0.717, 1.165) is 0 Å². The van der Waals surface area contributed by atoms with Gasteiger partial charge in [-0.3, -0.25) is 4.84 Å². The van der Waals surface area contributed by atoms with E-state index in [9.17, 15) is 17.6 Å². The zero-order valence-corrected chi connectivity index (χ0v) is 6.78. The summed E-state index contributed by atoms with van der Waals surface area (Å²) in [5, 5.41) is 0. The van der Waals surface area contributed by atoms with Gasteiger partial charge in [-0.25, -0.2) is 23.4 Å². The Bertz CT molecular complexity index is 319. The Labute approximate surface area is 76.4 Å². The van der Waals surface area contributed by atoms with Crippen molar-refractivity contribution >= 4 is 0 Å². The fourth-order valence-electron chi connectivity index (χ4n) is 0.863. The van der Waals surface area contributed by atoms with E-state index >= 15 is 0 Å². The van der Waals surface area contributed by atoms with Gasteiger partial charge in [0.25, 0.3) is 0 Å². The minimum Gasteiger partial charge on any atom is -0.282 e. The van der Waals surface area contributed by atoms with Crippen molar-refractivity contribution in [3.05, 3.63) is 34.9 Å². The zero-order chi connectivity index (χ0) is 10.7. The van der Waals surface area contributed by atoms with Crippen LogP contribution in [0, 0.1) is 23.3 Å². The molecule has 78 valence electrons. The molecule has 3 N–H and O–H groups in total. The average Bonchev–Trinajstić information content (AvgIpc) is 2.15. The van der Waals surface area contributed by atoms with Crippen LogP contribution in [0.1, 0.15) is 5.56 Å². The van der Waals surface area contributed by atoms with Gasteiger partial charge in [0.1, 0.15) is 6.61 Å². The van der Waals surface area contributed by atoms with Crippen LogP contribution in [0.2, 0.25) is 0 Å². The second kappa shape index (κ2) is 4.36. The summed E-state index contributed by atoms with van der Waals surface area (Å²) >= 11 is 0. The molecule has 1 aromatic rings. The number of rotatable bonds is 3. The monoisotopic (exact) mass is 210 g/mol. The molecule has 0 aliphatic heterocycles. The van der Waals surface area contributed by atoms with Crippen molar-refractivity contribution in [2.45, 2.75) is 6.61 Å². The molecule has 0 bridgehead atoms. The maximum Gasteiger partial charge on any atom is 0.167 e. The largest absolute Gasteiger partial charge is 0.282 e. The summed E-state index contributed by atoms with van der Waals surface area (Å²) in [6.45, 7) is -0.719. The number of hydrogen-bond acceptors (Lipinski definition) is 3. The van der Waals surface area contributed by atoms with Gasteiger partial charge in [0.15, 0.2) is 23.3 Å². The highest BCUT2D eigenvalue weighted by molar-refractivity contribution is 5.21. The Hall–Kier alpha value is -1.18. The summed E-state index contributed by atoms with van der Waals surface area (Å²) in [5.74, 6) is -1.33. The highest BCUT2D eigenvalue weighted by atomic mass is 19.2. The molecule has 0 unspecified atom stereocenters. The van der Waals surface area contributed by atoms with Crippen molar-refractivity contribution in [1.82, 2.24) is 5.59 Å². The maximum absolute atomic E-state index is 12.8. The minimum atomic E-state index is -1.50. The molecule has 0 saturated carbocycles. The molecule has 0 spiro atoms. The highest BCUT2D eigenvalue weighted by Crippen LogP contribution is 2.19. The van der Waals surface area contributed by atoms with Crippen LogP contribution in [0.5, 0.6) is 0 Å². The Balaban J connectivity index is 3.11. The lowest BCUT2D eigenvalue weighted by Crippen LogP contribution is -2.22. The molecule has 0 amide bonds. The lowest BCUT2D eigenvalue weighted by Gasteiger charge is -2.06. The van der Waals surface area contributed by atoms with Crippen LogP contribution in [0.3, 0.4) is 0 Å². The van der Waals surface area contributed by atoms with Gasteiger partial charge in [-0.15, -0.1) is 5.59 Å². The van der Waals surface area contributed by atoms with Crippen LogP contribution < -0.4 is 11.4 Å². The fourth-order valence-corrected chi connectivity index (χ4v) is 0.863. The summed E-state index contributed by atoms with van der Waals surface area (Å²) in [7, 11) is 0. The van der Waals surface area contributed by atoms with E-state index in [1.807, 2.05) is 0 Å². The van der Waals surface area contributed by atoms with Gasteiger partial charge in [-0.05, 0) is 0 Å². The molecule has 1 rings (SSSR count). The molecule has 0 heterocycles. The summed E-state index contributed by atoms with van der Waals surface area (Å²) < 4.78 is 50.8. The number of nitrogens with two attached hydrogens (primary N) is 1. The van der Waals surface area contributed by atoms with E-state index < -0.39 is 35.4 Å². The van der Waals surface area contributed by atoms with E-state index in [1.54, 1.807) is 5.59 Å². The van der Waals surface area contributed by atoms with Crippen LogP contribution in [-0.2, 0) is 11.4 Å². The van der Waals surface area contributed by atoms with Gasteiger partial charge in [0.2, 0.25) is 0 Å². The quantitative estimate of drug-likeness (QED) is 0.340. The lowest BCUT2D eigenvalue weighted by atomic mass is 10.2. The van der Waals surface area contributed by atoms with Crippen molar-refractivity contribution in [2.75, 3.05) is 0 Å². The van der Waals surface area contributed by atoms with E-state index in [2.05, 4.69) is 10.7 Å². The molecule has 0 atom stereocenters. The number of nitrogens with one attached hydrogen (secondary N) is 1. The Morgan fingerprint density at radius 3 is 2.07 bits per heavy atom. The highest BCUT2D eigenvalue weighted by Gasteiger charge is 2.18. The number of halogens is 4. The minimum absolute atomic E-state index is 0.115. The van der Waals surface area contributed by atoms with Crippen molar-refractivity contribution in [2.24, 2.45) is 5.84 Å². The molecule has 7 heteroatoms. The predicted octanol–water partition coefficient (Wildman–Crippen LogP) is 1.14. The fraction of sp³-hybridized carbons (Fsp3) is 0.143. The third-order valence-corrected chi connectivity index (χ3v) is 1.50. The molecular weight excluding hydrogens is 204 g/mol. The SMILES string of the molecule is NNOCc1c(F)c(F)cc(F)c1F. The first-order valence-electron chi connectivity index (χ1n) is 3.47. The van der Waals surface area contributed by atoms with Crippen LogP contribution in [0.15, 0.2) is 6.07 Å². The molecule has 0 aliphatic rings. The molecular formula is C7H6F4N2O. The first kappa shape index (κ1) is 10.9. The van der Waals surface area contributed by atoms with E-state index in [1.165, 1.54) is 0 Å². The van der Waals surface area contributed by atoms with Crippen molar-refractivity contribution < 1.29 is 22.4 Å². The Morgan fingerprint density at radius 1 is 1.14 bits per heavy atom. The normalized spacial score (nSPS) is 10.6. The summed E-state index contributed by atoms with van der Waals surface area (Å²) in [4.78, 5) is 4.21. The van der Waals surface area contributed by atoms with Gasteiger partial charge in [0.05, 0.1) is 5.56 Å². The van der Waals surface area contributed by atoms with Crippen LogP contribution >= 0.6 is 0 Å². The summed E-state index contributed by atoms with van der Waals surface area (Å²) in [5.41, 5.74) is 0.771. The second-order valence-electron chi connectivity index (χ2n) is 2.35. The average molecular weight is 210 g/mol. The van der Waals surface area contributed by atoms with Crippen molar-refractivity contribution in [3.63, 3.8) is 0 Å². The van der Waals surface area contributed by atoms with E-state index in [4.69, 9.17) is 0 Å². The number of benzene rings is 1. The van der Waals surface area contributed by atoms with Gasteiger partial charge >= 0.3 is 0 Å². The summed E-state index contributed by atoms with van der Waals surface area (Å²) in [6, 6.07) is 0.115. The third kappa shape index (κ3) is 2.00. The number of hydrogen-bond donors (Lipinski definition) is 2. The van der Waals surface area contributed by atoms with Crippen LogP contribution in [-0.4, -0.2) is 0 Å². The Kier molecular flexibility index (Phi) is 3.39. The molecule has 0 aliphatic carbocycles. The third-order valence-electron chi connectivity index (χ3n) is 1.50. The van der Waals surface area contributed by atoms with Crippen LogP contribution in [0.4, 0.5) is 17.6 Å². The molecule has 14 heavy (non-hydrogen) atoms. The van der Waals surface area contributed by atoms with E-state index in [-0.39, 0.29) is 6.07 Å². The topological polar surface area (TPSA) is 47.3 Å². The predicted molar refractivity (Wildman–Crippen MR) is 38.4 cm³/mol. The zero-order valence-electron chi connectivity index (χ0n) is 6.78. The first-order valence-corrected chi connectivity index (χ1v) is 3.47. The Morgan fingerprint density at radius 2 is 1.64 bits per heavy atom. The van der Waals surface area contributed by atoms with E-state index in [0.29, 0.717) is 0 Å². The maximum atomic E-state index is 12.8. The van der Waals surface area contributed by atoms with Crippen LogP contribution in [0.25, 0.3) is 0 Å². The van der Waals surface area contributed by atoms with Gasteiger partial charge in [0, 0.05) is 6.07 Å². The molecule has 0 radical (unpaired) electrons. The van der Waals surface area contributed by atoms with Crippen molar-refractivity contribution in [3.8, 4) is 0 Å². The molecule has 3 nitrogen and oxygen atoms in total. The first-order chi connectivity index (χ1) is 6.57. The molecule has 0 fully saturated rings. The van der Waals surface area contributed by atoms with Gasteiger partial charge in [-0.2, -0.15) is 0 Å². The number of hydrazine groups is 1. The van der Waals surface area contributed by atoms with Gasteiger partial charge < -0.3 is 0 Å². The molecule has 0 aromatic heterocycles. The smallest absolute Gasteiger partial charge is 0.167 e. The molecule has 1 aromatic carbocycles. The van der Waals surface area contributed by atoms with Gasteiger partial charge in [-0.1, -0.05) is 0 Å². The van der Waals surface area contributed by atoms with Crippen molar-refractivity contribution in [1.29, 1.82) is 0 Å². The lowest BCUT2D eigenvalue weighted by molar-refractivity contribution is 0.0241.